The lowest BCUT2D eigenvalue weighted by atomic mass is 10.1. The summed E-state index contributed by atoms with van der Waals surface area (Å²) in [6.07, 6.45) is 0.714. The van der Waals surface area contributed by atoms with E-state index in [0.717, 1.165) is 5.56 Å². The van der Waals surface area contributed by atoms with Crippen LogP contribution in [-0.4, -0.2) is 27.7 Å². The van der Waals surface area contributed by atoms with Crippen LogP contribution in [0.15, 0.2) is 29.2 Å². The second kappa shape index (κ2) is 5.36. The summed E-state index contributed by atoms with van der Waals surface area (Å²) in [7, 11) is -3.49. The van der Waals surface area contributed by atoms with Gasteiger partial charge in [0, 0.05) is 18.7 Å². The fourth-order valence-electron chi connectivity index (χ4n) is 1.88. The first kappa shape index (κ1) is 13.5. The highest BCUT2D eigenvalue weighted by Crippen LogP contribution is 2.17. The Labute approximate surface area is 107 Å². The van der Waals surface area contributed by atoms with Crippen molar-refractivity contribution in [3.8, 4) is 0 Å². The molecular formula is C12H18N2O3S. The number of hydrogen-bond acceptors (Lipinski definition) is 4. The summed E-state index contributed by atoms with van der Waals surface area (Å²) in [4.78, 5) is 0.254. The molecule has 2 atom stereocenters. The molecule has 0 radical (unpaired) electrons. The molecule has 1 heterocycles. The van der Waals surface area contributed by atoms with Gasteiger partial charge in [0.2, 0.25) is 10.0 Å². The first-order chi connectivity index (χ1) is 8.49. The Morgan fingerprint density at radius 2 is 2.28 bits per heavy atom. The zero-order valence-corrected chi connectivity index (χ0v) is 11.1. The van der Waals surface area contributed by atoms with Crippen LogP contribution in [0, 0.1) is 0 Å². The highest BCUT2D eigenvalue weighted by molar-refractivity contribution is 7.89. The van der Waals surface area contributed by atoms with Gasteiger partial charge in [0.1, 0.15) is 0 Å². The van der Waals surface area contributed by atoms with Gasteiger partial charge in [0.15, 0.2) is 0 Å². The topological polar surface area (TPSA) is 81.4 Å². The molecule has 100 valence electrons. The first-order valence-electron chi connectivity index (χ1n) is 5.94. The third kappa shape index (κ3) is 3.08. The number of hydrogen-bond donors (Lipinski definition) is 2. The van der Waals surface area contributed by atoms with Crippen LogP contribution in [0.4, 0.5) is 0 Å². The minimum atomic E-state index is -3.49. The van der Waals surface area contributed by atoms with Crippen LogP contribution in [0.5, 0.6) is 0 Å². The Kier molecular flexibility index (Phi) is 4.01. The lowest BCUT2D eigenvalue weighted by molar-refractivity contribution is 0.192. The molecule has 1 aromatic carbocycles. The molecule has 18 heavy (non-hydrogen) atoms. The summed E-state index contributed by atoms with van der Waals surface area (Å²) in [5.74, 6) is 0. The van der Waals surface area contributed by atoms with E-state index < -0.39 is 10.0 Å². The second-order valence-corrected chi connectivity index (χ2v) is 6.26. The molecule has 0 aliphatic carbocycles. The number of nitrogens with one attached hydrogen (secondary N) is 1. The third-order valence-electron chi connectivity index (χ3n) is 2.95. The van der Waals surface area contributed by atoms with Crippen molar-refractivity contribution in [1.82, 2.24) is 4.72 Å². The summed E-state index contributed by atoms with van der Waals surface area (Å²) in [6.45, 7) is 2.86. The lowest BCUT2D eigenvalue weighted by Crippen LogP contribution is -2.35. The highest BCUT2D eigenvalue weighted by Gasteiger charge is 2.23. The van der Waals surface area contributed by atoms with E-state index in [1.165, 1.54) is 0 Å². The monoisotopic (exact) mass is 270 g/mol. The Hall–Kier alpha value is -0.950. The van der Waals surface area contributed by atoms with E-state index in [4.69, 9.17) is 10.5 Å². The van der Waals surface area contributed by atoms with E-state index in [1.807, 2.05) is 13.0 Å². The standard InChI is InChI=1S/C12H18N2O3S/c1-9(13)10-3-2-4-12(7-10)18(15,16)14-11-5-6-17-8-11/h2-4,7,9,11,14H,5-6,8,13H2,1H3. The van der Waals surface area contributed by atoms with Crippen LogP contribution in [0.3, 0.4) is 0 Å². The van der Waals surface area contributed by atoms with Crippen molar-refractivity contribution >= 4 is 10.0 Å². The summed E-state index contributed by atoms with van der Waals surface area (Å²) in [6, 6.07) is 6.40. The zero-order chi connectivity index (χ0) is 13.2. The van der Waals surface area contributed by atoms with Crippen molar-refractivity contribution in [1.29, 1.82) is 0 Å². The predicted octanol–water partition coefficient (Wildman–Crippen LogP) is 0.773. The Balaban J connectivity index is 2.20. The fraction of sp³-hybridized carbons (Fsp3) is 0.500. The third-order valence-corrected chi connectivity index (χ3v) is 4.46. The van der Waals surface area contributed by atoms with Gasteiger partial charge in [-0.25, -0.2) is 13.1 Å². The van der Waals surface area contributed by atoms with E-state index in [-0.39, 0.29) is 17.0 Å². The number of benzene rings is 1. The molecule has 6 heteroatoms. The van der Waals surface area contributed by atoms with E-state index in [0.29, 0.717) is 19.6 Å². The quantitative estimate of drug-likeness (QED) is 0.847. The molecule has 5 nitrogen and oxygen atoms in total. The molecule has 1 fully saturated rings. The Morgan fingerprint density at radius 3 is 2.89 bits per heavy atom. The molecule has 3 N–H and O–H groups in total. The van der Waals surface area contributed by atoms with Crippen molar-refractivity contribution < 1.29 is 13.2 Å². The van der Waals surface area contributed by atoms with Gasteiger partial charge in [0.05, 0.1) is 11.5 Å². The van der Waals surface area contributed by atoms with Crippen LogP contribution >= 0.6 is 0 Å². The minimum Gasteiger partial charge on any atom is -0.380 e. The van der Waals surface area contributed by atoms with Crippen LogP contribution in [0.1, 0.15) is 24.9 Å². The maximum atomic E-state index is 12.2. The predicted molar refractivity (Wildman–Crippen MR) is 68.6 cm³/mol. The van der Waals surface area contributed by atoms with Gasteiger partial charge < -0.3 is 10.5 Å². The summed E-state index contributed by atoms with van der Waals surface area (Å²) < 4.78 is 32.1. The number of ether oxygens (including phenoxy) is 1. The molecule has 0 amide bonds. The van der Waals surface area contributed by atoms with Gasteiger partial charge in [-0.15, -0.1) is 0 Å². The van der Waals surface area contributed by atoms with Crippen molar-refractivity contribution in [2.45, 2.75) is 30.3 Å². The average Bonchev–Trinajstić information content (AvgIpc) is 2.81. The average molecular weight is 270 g/mol. The normalized spacial score (nSPS) is 22.0. The number of nitrogens with two attached hydrogens (primary N) is 1. The number of sulfonamides is 1. The van der Waals surface area contributed by atoms with Crippen LogP contribution < -0.4 is 10.5 Å². The maximum Gasteiger partial charge on any atom is 0.240 e. The lowest BCUT2D eigenvalue weighted by Gasteiger charge is -2.13. The largest absolute Gasteiger partial charge is 0.380 e. The molecule has 1 aliphatic rings. The van der Waals surface area contributed by atoms with Crippen LogP contribution in [0.2, 0.25) is 0 Å². The van der Waals surface area contributed by atoms with Gasteiger partial charge >= 0.3 is 0 Å². The first-order valence-corrected chi connectivity index (χ1v) is 7.43. The van der Waals surface area contributed by atoms with Crippen molar-refractivity contribution in [3.05, 3.63) is 29.8 Å². The molecule has 0 spiro atoms. The van der Waals surface area contributed by atoms with E-state index in [9.17, 15) is 8.42 Å². The van der Waals surface area contributed by atoms with Crippen molar-refractivity contribution in [3.63, 3.8) is 0 Å². The molecule has 1 saturated heterocycles. The smallest absolute Gasteiger partial charge is 0.240 e. The van der Waals surface area contributed by atoms with Crippen LogP contribution in [-0.2, 0) is 14.8 Å². The zero-order valence-electron chi connectivity index (χ0n) is 10.3. The molecule has 2 unspecified atom stereocenters. The van der Waals surface area contributed by atoms with E-state index >= 15 is 0 Å². The molecule has 1 aliphatic heterocycles. The molecule has 2 rings (SSSR count). The van der Waals surface area contributed by atoms with Gasteiger partial charge in [-0.2, -0.15) is 0 Å². The molecular weight excluding hydrogens is 252 g/mol. The van der Waals surface area contributed by atoms with Crippen molar-refractivity contribution in [2.24, 2.45) is 5.73 Å². The molecule has 0 saturated carbocycles. The summed E-state index contributed by atoms with van der Waals surface area (Å²) in [5.41, 5.74) is 6.56. The SMILES string of the molecule is CC(N)c1cccc(S(=O)(=O)NC2CCOC2)c1. The van der Waals surface area contributed by atoms with Gasteiger partial charge in [-0.1, -0.05) is 12.1 Å². The molecule has 1 aromatic rings. The minimum absolute atomic E-state index is 0.131. The Bertz CT molecular complexity index is 508. The highest BCUT2D eigenvalue weighted by atomic mass is 32.2. The molecule has 0 aromatic heterocycles. The molecule has 0 bridgehead atoms. The van der Waals surface area contributed by atoms with Gasteiger partial charge in [-0.3, -0.25) is 0 Å². The van der Waals surface area contributed by atoms with E-state index in [2.05, 4.69) is 4.72 Å². The van der Waals surface area contributed by atoms with Crippen molar-refractivity contribution in [2.75, 3.05) is 13.2 Å². The van der Waals surface area contributed by atoms with Gasteiger partial charge in [0.25, 0.3) is 0 Å². The summed E-state index contributed by atoms with van der Waals surface area (Å²) >= 11 is 0. The van der Waals surface area contributed by atoms with E-state index in [1.54, 1.807) is 18.2 Å². The summed E-state index contributed by atoms with van der Waals surface area (Å²) in [5, 5.41) is 0. The Morgan fingerprint density at radius 1 is 1.50 bits per heavy atom. The maximum absolute atomic E-state index is 12.2. The van der Waals surface area contributed by atoms with Crippen LogP contribution in [0.25, 0.3) is 0 Å². The second-order valence-electron chi connectivity index (χ2n) is 4.54. The van der Waals surface area contributed by atoms with Gasteiger partial charge in [-0.05, 0) is 31.0 Å². The fourth-order valence-corrected chi connectivity index (χ4v) is 3.19. The number of rotatable bonds is 4.